The minimum Gasteiger partial charge on any atom is -0.497 e. The van der Waals surface area contributed by atoms with Crippen LogP contribution in [0, 0.1) is 0 Å². The van der Waals surface area contributed by atoms with Gasteiger partial charge in [-0.1, -0.05) is 13.3 Å². The number of ether oxygens (including phenoxy) is 2. The zero-order chi connectivity index (χ0) is 20.4. The third kappa shape index (κ3) is 6.30. The lowest BCUT2D eigenvalue weighted by Crippen LogP contribution is -2.37. The van der Waals surface area contributed by atoms with Gasteiger partial charge in [0.2, 0.25) is 5.91 Å². The Morgan fingerprint density at radius 2 is 1.61 bits per heavy atom. The zero-order valence-electron chi connectivity index (χ0n) is 16.7. The van der Waals surface area contributed by atoms with Gasteiger partial charge >= 0.3 is 0 Å². The molecule has 150 valence electrons. The molecule has 0 fully saturated rings. The van der Waals surface area contributed by atoms with E-state index in [0.717, 1.165) is 18.6 Å². The lowest BCUT2D eigenvalue weighted by molar-refractivity contribution is -0.116. The molecular formula is C22H28N2O4. The number of hydrogen-bond acceptors (Lipinski definition) is 4. The summed E-state index contributed by atoms with van der Waals surface area (Å²) in [6.07, 6.45) is 2.06. The molecule has 0 saturated carbocycles. The number of amides is 2. The number of unbranched alkanes of at least 4 members (excludes halogenated alkanes) is 1. The lowest BCUT2D eigenvalue weighted by Gasteiger charge is -2.20. The summed E-state index contributed by atoms with van der Waals surface area (Å²) in [6, 6.07) is 14.1. The highest BCUT2D eigenvalue weighted by molar-refractivity contribution is 5.99. The van der Waals surface area contributed by atoms with Gasteiger partial charge in [-0.3, -0.25) is 9.59 Å². The largest absolute Gasteiger partial charge is 0.497 e. The van der Waals surface area contributed by atoms with Gasteiger partial charge < -0.3 is 19.7 Å². The lowest BCUT2D eigenvalue weighted by atomic mass is 10.2. The molecule has 0 aliphatic carbocycles. The van der Waals surface area contributed by atoms with Crippen molar-refractivity contribution >= 4 is 17.5 Å². The van der Waals surface area contributed by atoms with Gasteiger partial charge in [0.15, 0.2) is 0 Å². The number of methoxy groups -OCH3 is 1. The Labute approximate surface area is 166 Å². The SMILES string of the molecule is CCCCOc1ccc(C(=O)N(CC)CC(=O)Nc2ccc(OC)cc2)cc1. The fraction of sp³-hybridized carbons (Fsp3) is 0.364. The summed E-state index contributed by atoms with van der Waals surface area (Å²) in [4.78, 5) is 26.5. The Bertz CT molecular complexity index is 757. The van der Waals surface area contributed by atoms with Crippen molar-refractivity contribution in [2.24, 2.45) is 0 Å². The fourth-order valence-corrected chi connectivity index (χ4v) is 2.59. The van der Waals surface area contributed by atoms with E-state index in [9.17, 15) is 9.59 Å². The third-order valence-corrected chi connectivity index (χ3v) is 4.25. The van der Waals surface area contributed by atoms with Crippen LogP contribution >= 0.6 is 0 Å². The molecule has 0 radical (unpaired) electrons. The van der Waals surface area contributed by atoms with Gasteiger partial charge in [0.25, 0.3) is 5.91 Å². The molecule has 0 saturated heterocycles. The standard InChI is InChI=1S/C22H28N2O4/c1-4-6-15-28-20-11-7-17(8-12-20)22(26)24(5-2)16-21(25)23-18-9-13-19(27-3)14-10-18/h7-14H,4-6,15-16H2,1-3H3,(H,23,25). The van der Waals surface area contributed by atoms with Crippen molar-refractivity contribution in [3.8, 4) is 11.5 Å². The third-order valence-electron chi connectivity index (χ3n) is 4.25. The average Bonchev–Trinajstić information content (AvgIpc) is 2.73. The molecule has 0 heterocycles. The Hall–Kier alpha value is -3.02. The van der Waals surface area contributed by atoms with Gasteiger partial charge in [0, 0.05) is 17.8 Å². The Morgan fingerprint density at radius 1 is 0.964 bits per heavy atom. The summed E-state index contributed by atoms with van der Waals surface area (Å²) < 4.78 is 10.7. The summed E-state index contributed by atoms with van der Waals surface area (Å²) in [5.74, 6) is 1.02. The van der Waals surface area contributed by atoms with Gasteiger partial charge in [-0.2, -0.15) is 0 Å². The number of hydrogen-bond donors (Lipinski definition) is 1. The first kappa shape index (κ1) is 21.3. The van der Waals surface area contributed by atoms with Crippen molar-refractivity contribution in [2.75, 3.05) is 32.1 Å². The Balaban J connectivity index is 1.93. The second kappa shape index (κ2) is 11.0. The molecular weight excluding hydrogens is 356 g/mol. The van der Waals surface area contributed by atoms with E-state index in [0.29, 0.717) is 30.2 Å². The summed E-state index contributed by atoms with van der Waals surface area (Å²) in [5, 5.41) is 2.79. The van der Waals surface area contributed by atoms with Gasteiger partial charge in [0.1, 0.15) is 18.0 Å². The number of carbonyl (C=O) groups excluding carboxylic acids is 2. The van der Waals surface area contributed by atoms with Crippen LogP contribution in [0.4, 0.5) is 5.69 Å². The number of anilines is 1. The molecule has 0 bridgehead atoms. The predicted octanol–water partition coefficient (Wildman–Crippen LogP) is 3.97. The average molecular weight is 384 g/mol. The summed E-state index contributed by atoms with van der Waals surface area (Å²) >= 11 is 0. The van der Waals surface area contributed by atoms with E-state index >= 15 is 0 Å². The van der Waals surface area contributed by atoms with Crippen LogP contribution in [0.3, 0.4) is 0 Å². The summed E-state index contributed by atoms with van der Waals surface area (Å²) in [5.41, 5.74) is 1.19. The monoisotopic (exact) mass is 384 g/mol. The predicted molar refractivity (Wildman–Crippen MR) is 110 cm³/mol. The second-order valence-electron chi connectivity index (χ2n) is 6.32. The van der Waals surface area contributed by atoms with E-state index in [1.807, 2.05) is 6.92 Å². The number of rotatable bonds is 10. The van der Waals surface area contributed by atoms with Crippen molar-refractivity contribution in [2.45, 2.75) is 26.7 Å². The minimum absolute atomic E-state index is 0.0177. The number of nitrogens with one attached hydrogen (secondary N) is 1. The smallest absolute Gasteiger partial charge is 0.254 e. The fourth-order valence-electron chi connectivity index (χ4n) is 2.59. The zero-order valence-corrected chi connectivity index (χ0v) is 16.7. The molecule has 2 aromatic carbocycles. The maximum absolute atomic E-state index is 12.7. The first-order chi connectivity index (χ1) is 13.6. The molecule has 2 aromatic rings. The van der Waals surface area contributed by atoms with Crippen molar-refractivity contribution in [1.82, 2.24) is 4.90 Å². The van der Waals surface area contributed by atoms with E-state index in [2.05, 4.69) is 12.2 Å². The second-order valence-corrected chi connectivity index (χ2v) is 6.32. The molecule has 0 aliphatic heterocycles. The first-order valence-corrected chi connectivity index (χ1v) is 9.53. The van der Waals surface area contributed by atoms with Crippen LogP contribution in [0.5, 0.6) is 11.5 Å². The van der Waals surface area contributed by atoms with E-state index in [1.165, 1.54) is 4.90 Å². The highest BCUT2D eigenvalue weighted by Gasteiger charge is 2.17. The molecule has 2 rings (SSSR count). The van der Waals surface area contributed by atoms with E-state index < -0.39 is 0 Å². The van der Waals surface area contributed by atoms with Crippen LogP contribution in [-0.4, -0.2) is 43.5 Å². The highest BCUT2D eigenvalue weighted by Crippen LogP contribution is 2.16. The summed E-state index contributed by atoms with van der Waals surface area (Å²) in [7, 11) is 1.59. The molecule has 0 spiro atoms. The molecule has 0 aromatic heterocycles. The first-order valence-electron chi connectivity index (χ1n) is 9.53. The normalized spacial score (nSPS) is 10.2. The summed E-state index contributed by atoms with van der Waals surface area (Å²) in [6.45, 7) is 5.03. The topological polar surface area (TPSA) is 67.9 Å². The Morgan fingerprint density at radius 3 is 2.18 bits per heavy atom. The van der Waals surface area contributed by atoms with Crippen molar-refractivity contribution in [3.63, 3.8) is 0 Å². The number of nitrogens with zero attached hydrogens (tertiary/aromatic N) is 1. The van der Waals surface area contributed by atoms with E-state index in [-0.39, 0.29) is 18.4 Å². The van der Waals surface area contributed by atoms with Crippen molar-refractivity contribution in [1.29, 1.82) is 0 Å². The van der Waals surface area contributed by atoms with Crippen LogP contribution in [0.25, 0.3) is 0 Å². The van der Waals surface area contributed by atoms with Gasteiger partial charge in [-0.25, -0.2) is 0 Å². The van der Waals surface area contributed by atoms with E-state index in [1.54, 1.807) is 55.6 Å². The van der Waals surface area contributed by atoms with Gasteiger partial charge in [0.05, 0.1) is 13.7 Å². The van der Waals surface area contributed by atoms with Gasteiger partial charge in [-0.15, -0.1) is 0 Å². The molecule has 6 heteroatoms. The molecule has 0 atom stereocenters. The number of likely N-dealkylation sites (N-methyl/N-ethyl adjacent to an activating group) is 1. The minimum atomic E-state index is -0.250. The molecule has 6 nitrogen and oxygen atoms in total. The van der Waals surface area contributed by atoms with Crippen LogP contribution in [-0.2, 0) is 4.79 Å². The number of carbonyl (C=O) groups is 2. The van der Waals surface area contributed by atoms with Crippen LogP contribution in [0.15, 0.2) is 48.5 Å². The van der Waals surface area contributed by atoms with Crippen LogP contribution in [0.1, 0.15) is 37.0 Å². The van der Waals surface area contributed by atoms with Crippen molar-refractivity contribution in [3.05, 3.63) is 54.1 Å². The Kier molecular flexibility index (Phi) is 8.34. The molecule has 28 heavy (non-hydrogen) atoms. The molecule has 0 unspecified atom stereocenters. The molecule has 2 amide bonds. The van der Waals surface area contributed by atoms with Crippen LogP contribution < -0.4 is 14.8 Å². The number of benzene rings is 2. The maximum atomic E-state index is 12.7. The van der Waals surface area contributed by atoms with Crippen LogP contribution in [0.2, 0.25) is 0 Å². The molecule has 1 N–H and O–H groups in total. The maximum Gasteiger partial charge on any atom is 0.254 e. The molecule has 0 aliphatic rings. The quantitative estimate of drug-likeness (QED) is 0.629. The van der Waals surface area contributed by atoms with Crippen molar-refractivity contribution < 1.29 is 19.1 Å². The van der Waals surface area contributed by atoms with E-state index in [4.69, 9.17) is 9.47 Å². The van der Waals surface area contributed by atoms with Gasteiger partial charge in [-0.05, 0) is 61.9 Å². The highest BCUT2D eigenvalue weighted by atomic mass is 16.5.